The van der Waals surface area contributed by atoms with E-state index in [-0.39, 0.29) is 6.03 Å². The number of hydrogen-bond acceptors (Lipinski definition) is 2. The van der Waals surface area contributed by atoms with Crippen LogP contribution in [-0.4, -0.2) is 15.9 Å². The maximum absolute atomic E-state index is 12.2. The van der Waals surface area contributed by atoms with Crippen LogP contribution < -0.4 is 5.32 Å². The first-order valence-corrected chi connectivity index (χ1v) is 6.35. The van der Waals surface area contributed by atoms with Gasteiger partial charge in [-0.25, -0.2) is 4.79 Å². The molecule has 1 aromatic heterocycles. The number of rotatable bonds is 1. The molecule has 0 spiro atoms. The van der Waals surface area contributed by atoms with Gasteiger partial charge in [0.15, 0.2) is 0 Å². The highest BCUT2D eigenvalue weighted by Gasteiger charge is 2.24. The summed E-state index contributed by atoms with van der Waals surface area (Å²) in [6.45, 7) is 1.12. The molecule has 0 saturated heterocycles. The minimum absolute atomic E-state index is 0.161. The molecule has 2 amide bonds. The van der Waals surface area contributed by atoms with Crippen LogP contribution in [0.2, 0.25) is 5.02 Å². The van der Waals surface area contributed by atoms with Crippen molar-refractivity contribution in [3.05, 3.63) is 58.9 Å². The summed E-state index contributed by atoms with van der Waals surface area (Å²) in [6, 6.07) is 10.9. The molecular weight excluding hydrogens is 262 g/mol. The van der Waals surface area contributed by atoms with Crippen LogP contribution in [0.1, 0.15) is 11.3 Å². The molecule has 0 atom stereocenters. The van der Waals surface area contributed by atoms with Crippen LogP contribution in [0.5, 0.6) is 0 Å². The number of fused-ring (bicyclic) bond motifs is 1. The zero-order chi connectivity index (χ0) is 13.2. The Morgan fingerprint density at radius 2 is 2.05 bits per heavy atom. The van der Waals surface area contributed by atoms with Gasteiger partial charge < -0.3 is 10.2 Å². The van der Waals surface area contributed by atoms with E-state index in [1.807, 2.05) is 24.3 Å². The smallest absolute Gasteiger partial charge is 0.314 e. The summed E-state index contributed by atoms with van der Waals surface area (Å²) in [5.41, 5.74) is 2.67. The third-order valence-corrected chi connectivity index (χ3v) is 3.42. The number of nitrogens with one attached hydrogen (secondary N) is 1. The molecule has 1 aliphatic heterocycles. The van der Waals surface area contributed by atoms with Gasteiger partial charge >= 0.3 is 6.03 Å². The van der Waals surface area contributed by atoms with Crippen LogP contribution in [0.25, 0.3) is 0 Å². The van der Waals surface area contributed by atoms with Gasteiger partial charge in [-0.1, -0.05) is 29.8 Å². The van der Waals surface area contributed by atoms with Crippen molar-refractivity contribution in [2.24, 2.45) is 0 Å². The Hall–Kier alpha value is -2.07. The second kappa shape index (κ2) is 4.90. The quantitative estimate of drug-likeness (QED) is 0.867. The average molecular weight is 274 g/mol. The molecule has 19 heavy (non-hydrogen) atoms. The summed E-state index contributed by atoms with van der Waals surface area (Å²) < 4.78 is 0. The second-order valence-corrected chi connectivity index (χ2v) is 4.78. The molecule has 4 nitrogen and oxygen atoms in total. The van der Waals surface area contributed by atoms with Crippen LogP contribution in [0.15, 0.2) is 42.6 Å². The highest BCUT2D eigenvalue weighted by Crippen LogP contribution is 2.24. The van der Waals surface area contributed by atoms with Crippen molar-refractivity contribution in [1.82, 2.24) is 9.88 Å². The SMILES string of the molecule is O=C(Nc1ccccc1Cl)N1Cc2cccnc2C1. The fourth-order valence-corrected chi connectivity index (χ4v) is 2.28. The highest BCUT2D eigenvalue weighted by atomic mass is 35.5. The van der Waals surface area contributed by atoms with E-state index >= 15 is 0 Å². The molecule has 1 aromatic carbocycles. The normalized spacial score (nSPS) is 13.2. The Labute approximate surface area is 116 Å². The van der Waals surface area contributed by atoms with Crippen LogP contribution in [0.4, 0.5) is 10.5 Å². The number of nitrogens with zero attached hydrogens (tertiary/aromatic N) is 2. The van der Waals surface area contributed by atoms with Gasteiger partial charge in [-0.3, -0.25) is 4.98 Å². The van der Waals surface area contributed by atoms with Gasteiger partial charge in [0.25, 0.3) is 0 Å². The summed E-state index contributed by atoms with van der Waals surface area (Å²) in [5, 5.41) is 3.35. The summed E-state index contributed by atoms with van der Waals surface area (Å²) in [6.07, 6.45) is 1.74. The molecule has 1 N–H and O–H groups in total. The zero-order valence-corrected chi connectivity index (χ0v) is 10.9. The van der Waals surface area contributed by atoms with Crippen molar-refractivity contribution < 1.29 is 4.79 Å². The lowest BCUT2D eigenvalue weighted by Gasteiger charge is -2.16. The molecule has 0 radical (unpaired) electrons. The number of halogens is 1. The van der Waals surface area contributed by atoms with E-state index in [1.54, 1.807) is 23.2 Å². The third-order valence-electron chi connectivity index (χ3n) is 3.09. The fourth-order valence-electron chi connectivity index (χ4n) is 2.10. The molecule has 0 unspecified atom stereocenters. The Bertz CT molecular complexity index is 605. The van der Waals surface area contributed by atoms with E-state index in [4.69, 9.17) is 11.6 Å². The lowest BCUT2D eigenvalue weighted by Crippen LogP contribution is -2.30. The number of carbonyl (C=O) groups excluding carboxylic acids is 1. The number of benzene rings is 1. The monoisotopic (exact) mass is 273 g/mol. The Kier molecular flexibility index (Phi) is 3.09. The molecule has 5 heteroatoms. The highest BCUT2D eigenvalue weighted by molar-refractivity contribution is 6.33. The average Bonchev–Trinajstić information content (AvgIpc) is 2.85. The van der Waals surface area contributed by atoms with E-state index in [1.165, 1.54) is 0 Å². The summed E-state index contributed by atoms with van der Waals surface area (Å²) >= 11 is 6.02. The van der Waals surface area contributed by atoms with Gasteiger partial charge in [0.05, 0.1) is 22.9 Å². The van der Waals surface area contributed by atoms with Gasteiger partial charge in [-0.15, -0.1) is 0 Å². The van der Waals surface area contributed by atoms with E-state index in [2.05, 4.69) is 10.3 Å². The molecule has 0 saturated carbocycles. The Balaban J connectivity index is 1.72. The topological polar surface area (TPSA) is 45.2 Å². The van der Waals surface area contributed by atoms with Crippen molar-refractivity contribution in [1.29, 1.82) is 0 Å². The van der Waals surface area contributed by atoms with E-state index in [9.17, 15) is 4.79 Å². The van der Waals surface area contributed by atoms with E-state index in [0.29, 0.717) is 23.8 Å². The summed E-state index contributed by atoms with van der Waals surface area (Å²) in [4.78, 5) is 18.1. The van der Waals surface area contributed by atoms with Crippen molar-refractivity contribution in [3.63, 3.8) is 0 Å². The molecule has 0 bridgehead atoms. The van der Waals surface area contributed by atoms with Crippen molar-refractivity contribution in [2.75, 3.05) is 5.32 Å². The van der Waals surface area contributed by atoms with Gasteiger partial charge in [-0.05, 0) is 23.8 Å². The minimum Gasteiger partial charge on any atom is -0.314 e. The number of anilines is 1. The van der Waals surface area contributed by atoms with Gasteiger partial charge in [0.2, 0.25) is 0 Å². The van der Waals surface area contributed by atoms with E-state index < -0.39 is 0 Å². The zero-order valence-electron chi connectivity index (χ0n) is 10.1. The number of amides is 2. The number of carbonyl (C=O) groups is 1. The fraction of sp³-hybridized carbons (Fsp3) is 0.143. The molecule has 3 rings (SSSR count). The molecular formula is C14H12ClN3O. The lowest BCUT2D eigenvalue weighted by molar-refractivity contribution is 0.212. The van der Waals surface area contributed by atoms with Crippen LogP contribution in [0, 0.1) is 0 Å². The Morgan fingerprint density at radius 1 is 1.21 bits per heavy atom. The first-order valence-electron chi connectivity index (χ1n) is 5.97. The van der Waals surface area contributed by atoms with Crippen LogP contribution in [-0.2, 0) is 13.1 Å². The van der Waals surface area contributed by atoms with Crippen LogP contribution >= 0.6 is 11.6 Å². The Morgan fingerprint density at radius 3 is 2.84 bits per heavy atom. The van der Waals surface area contributed by atoms with Gasteiger partial charge in [0.1, 0.15) is 0 Å². The second-order valence-electron chi connectivity index (χ2n) is 4.38. The molecule has 2 aromatic rings. The van der Waals surface area contributed by atoms with Gasteiger partial charge in [-0.2, -0.15) is 0 Å². The van der Waals surface area contributed by atoms with Crippen LogP contribution in [0.3, 0.4) is 0 Å². The first-order chi connectivity index (χ1) is 9.24. The number of para-hydroxylation sites is 1. The molecule has 0 aliphatic carbocycles. The van der Waals surface area contributed by atoms with Crippen molar-refractivity contribution >= 4 is 23.3 Å². The molecule has 96 valence electrons. The predicted molar refractivity (Wildman–Crippen MR) is 74.0 cm³/mol. The minimum atomic E-state index is -0.161. The third kappa shape index (κ3) is 2.39. The van der Waals surface area contributed by atoms with Crippen molar-refractivity contribution in [2.45, 2.75) is 13.1 Å². The summed E-state index contributed by atoms with van der Waals surface area (Å²) in [5.74, 6) is 0. The number of aromatic nitrogens is 1. The standard InChI is InChI=1S/C14H12ClN3O/c15-11-5-1-2-6-12(11)17-14(19)18-8-10-4-3-7-16-13(10)9-18/h1-7H,8-9H2,(H,17,19). The number of pyridine rings is 1. The molecule has 2 heterocycles. The lowest BCUT2D eigenvalue weighted by atomic mass is 10.2. The van der Waals surface area contributed by atoms with Crippen molar-refractivity contribution in [3.8, 4) is 0 Å². The maximum atomic E-state index is 12.2. The maximum Gasteiger partial charge on any atom is 0.322 e. The first kappa shape index (κ1) is 12.0. The number of hydrogen-bond donors (Lipinski definition) is 1. The predicted octanol–water partition coefficient (Wildman–Crippen LogP) is 3.28. The summed E-state index contributed by atoms with van der Waals surface area (Å²) in [7, 11) is 0. The largest absolute Gasteiger partial charge is 0.322 e. The van der Waals surface area contributed by atoms with Gasteiger partial charge in [0, 0.05) is 12.7 Å². The molecule has 0 fully saturated rings. The molecule has 1 aliphatic rings. The number of urea groups is 1. The van der Waals surface area contributed by atoms with E-state index in [0.717, 1.165) is 11.3 Å².